The van der Waals surface area contributed by atoms with Crippen molar-refractivity contribution in [3.8, 4) is 9.75 Å². The van der Waals surface area contributed by atoms with Crippen molar-refractivity contribution in [3.05, 3.63) is 50.2 Å². The molecular formula is C14H12N2OS3. The lowest BCUT2D eigenvalue weighted by Crippen LogP contribution is -2.22. The fraction of sp³-hybridized carbons (Fsp3) is 0.143. The minimum atomic E-state index is -0.0450. The van der Waals surface area contributed by atoms with Gasteiger partial charge in [0.05, 0.1) is 15.8 Å². The molecule has 102 valence electrons. The second kappa shape index (κ2) is 5.12. The zero-order valence-electron chi connectivity index (χ0n) is 10.8. The molecule has 0 spiro atoms. The summed E-state index contributed by atoms with van der Waals surface area (Å²) in [7, 11) is 0. The van der Waals surface area contributed by atoms with Crippen LogP contribution < -0.4 is 5.56 Å². The third kappa shape index (κ3) is 2.19. The molecule has 0 amide bonds. The maximum absolute atomic E-state index is 12.7. The van der Waals surface area contributed by atoms with Crippen LogP contribution in [0.2, 0.25) is 0 Å². The average Bonchev–Trinajstić information content (AvgIpc) is 3.01. The Kier molecular flexibility index (Phi) is 3.45. The van der Waals surface area contributed by atoms with Crippen LogP contribution in [0.4, 0.5) is 0 Å². The first kappa shape index (κ1) is 13.5. The molecule has 20 heavy (non-hydrogen) atoms. The Hall–Kier alpha value is -1.50. The summed E-state index contributed by atoms with van der Waals surface area (Å²) in [5, 5.41) is 4.68. The van der Waals surface area contributed by atoms with Crippen LogP contribution in [-0.2, 0) is 6.54 Å². The Bertz CT molecular complexity index is 897. The summed E-state index contributed by atoms with van der Waals surface area (Å²) < 4.78 is 2.02. The lowest BCUT2D eigenvalue weighted by atomic mass is 10.2. The van der Waals surface area contributed by atoms with E-state index in [9.17, 15) is 4.79 Å². The highest BCUT2D eigenvalue weighted by molar-refractivity contribution is 7.71. The Morgan fingerprint density at radius 3 is 2.95 bits per heavy atom. The molecule has 0 saturated heterocycles. The van der Waals surface area contributed by atoms with E-state index in [1.807, 2.05) is 29.8 Å². The first-order chi connectivity index (χ1) is 9.58. The molecular weight excluding hydrogens is 308 g/mol. The number of allylic oxidation sites excluding steroid dienone is 1. The minimum absolute atomic E-state index is 0.0450. The van der Waals surface area contributed by atoms with Crippen LogP contribution >= 0.6 is 34.9 Å². The van der Waals surface area contributed by atoms with Crippen LogP contribution in [-0.4, -0.2) is 9.55 Å². The van der Waals surface area contributed by atoms with Crippen LogP contribution in [0, 0.1) is 4.77 Å². The summed E-state index contributed by atoms with van der Waals surface area (Å²) in [5.41, 5.74) is 1.67. The van der Waals surface area contributed by atoms with E-state index in [1.165, 1.54) is 0 Å². The van der Waals surface area contributed by atoms with Gasteiger partial charge in [0, 0.05) is 16.8 Å². The summed E-state index contributed by atoms with van der Waals surface area (Å²) in [6, 6.07) is 4.02. The second-order valence-corrected chi connectivity index (χ2v) is 6.82. The summed E-state index contributed by atoms with van der Waals surface area (Å²) >= 11 is 8.47. The highest BCUT2D eigenvalue weighted by atomic mass is 32.1. The monoisotopic (exact) mass is 320 g/mol. The number of hydrogen-bond acceptors (Lipinski definition) is 4. The Morgan fingerprint density at radius 2 is 2.30 bits per heavy atom. The standard InChI is InChI=1S/C14H12N2OS3/c1-8(2)6-16-13(17)11-9(15-14(16)18)7-20-12(11)10-4-3-5-19-10/h3-5,7H,1,6H2,2H3,(H,15,18). The molecule has 6 heteroatoms. The third-order valence-corrected chi connectivity index (χ3v) is 5.26. The van der Waals surface area contributed by atoms with Crippen molar-refractivity contribution in [3.63, 3.8) is 0 Å². The zero-order chi connectivity index (χ0) is 14.3. The van der Waals surface area contributed by atoms with Crippen LogP contribution in [0.1, 0.15) is 6.92 Å². The van der Waals surface area contributed by atoms with Crippen molar-refractivity contribution in [2.24, 2.45) is 0 Å². The zero-order valence-corrected chi connectivity index (χ0v) is 13.3. The molecule has 0 aliphatic rings. The van der Waals surface area contributed by atoms with Gasteiger partial charge in [-0.3, -0.25) is 9.36 Å². The smallest absolute Gasteiger partial charge is 0.263 e. The largest absolute Gasteiger partial charge is 0.331 e. The molecule has 0 bridgehead atoms. The van der Waals surface area contributed by atoms with Gasteiger partial charge in [-0.05, 0) is 30.6 Å². The number of hydrogen-bond donors (Lipinski definition) is 1. The molecule has 0 fully saturated rings. The van der Waals surface area contributed by atoms with Gasteiger partial charge in [-0.15, -0.1) is 22.7 Å². The van der Waals surface area contributed by atoms with Gasteiger partial charge in [-0.1, -0.05) is 18.2 Å². The van der Waals surface area contributed by atoms with Crippen molar-refractivity contribution >= 4 is 45.8 Å². The number of H-pyrrole nitrogens is 1. The molecule has 3 aromatic rings. The fourth-order valence-corrected chi connectivity index (χ4v) is 4.20. The lowest BCUT2D eigenvalue weighted by molar-refractivity contribution is 0.725. The molecule has 0 atom stereocenters. The SMILES string of the molecule is C=C(C)Cn1c(=S)[nH]c2csc(-c3cccs3)c2c1=O. The number of nitrogens with one attached hydrogen (secondary N) is 1. The molecule has 0 aliphatic heterocycles. The van der Waals surface area contributed by atoms with E-state index in [2.05, 4.69) is 11.6 Å². The highest BCUT2D eigenvalue weighted by Gasteiger charge is 2.14. The number of fused-ring (bicyclic) bond motifs is 1. The first-order valence-corrected chi connectivity index (χ1v) is 8.17. The first-order valence-electron chi connectivity index (χ1n) is 6.00. The molecule has 0 radical (unpaired) electrons. The summed E-state index contributed by atoms with van der Waals surface area (Å²) in [6.45, 7) is 6.19. The van der Waals surface area contributed by atoms with Gasteiger partial charge in [0.15, 0.2) is 4.77 Å². The van der Waals surface area contributed by atoms with Gasteiger partial charge in [0.25, 0.3) is 5.56 Å². The number of aromatic amines is 1. The van der Waals surface area contributed by atoms with Crippen LogP contribution in [0.15, 0.2) is 39.8 Å². The molecule has 0 saturated carbocycles. The van der Waals surface area contributed by atoms with Gasteiger partial charge in [0.2, 0.25) is 0 Å². The van der Waals surface area contributed by atoms with Crippen LogP contribution in [0.5, 0.6) is 0 Å². The second-order valence-electron chi connectivity index (χ2n) is 4.61. The van der Waals surface area contributed by atoms with Gasteiger partial charge in [-0.2, -0.15) is 0 Å². The third-order valence-electron chi connectivity index (χ3n) is 2.91. The van der Waals surface area contributed by atoms with E-state index in [-0.39, 0.29) is 5.56 Å². The summed E-state index contributed by atoms with van der Waals surface area (Å²) in [4.78, 5) is 18.0. The van der Waals surface area contributed by atoms with Gasteiger partial charge >= 0.3 is 0 Å². The Balaban J connectivity index is 2.35. The normalized spacial score (nSPS) is 11.1. The quantitative estimate of drug-likeness (QED) is 0.573. The molecule has 0 unspecified atom stereocenters. The number of thiophene rings is 2. The average molecular weight is 320 g/mol. The van der Waals surface area contributed by atoms with E-state index >= 15 is 0 Å². The number of nitrogens with zero attached hydrogens (tertiary/aromatic N) is 1. The predicted octanol–water partition coefficient (Wildman–Crippen LogP) is 4.43. The van der Waals surface area contributed by atoms with Crippen LogP contribution in [0.25, 0.3) is 20.7 Å². The molecule has 0 aromatic carbocycles. The fourth-order valence-electron chi connectivity index (χ4n) is 2.07. The van der Waals surface area contributed by atoms with Gasteiger partial charge in [0.1, 0.15) is 0 Å². The minimum Gasteiger partial charge on any atom is -0.331 e. The molecule has 1 N–H and O–H groups in total. The predicted molar refractivity (Wildman–Crippen MR) is 89.4 cm³/mol. The number of rotatable bonds is 3. The number of aromatic nitrogens is 2. The van der Waals surface area contributed by atoms with Crippen molar-refractivity contribution in [2.75, 3.05) is 0 Å². The molecule has 3 rings (SSSR count). The molecule has 0 aliphatic carbocycles. The van der Waals surface area contributed by atoms with E-state index in [4.69, 9.17) is 12.2 Å². The van der Waals surface area contributed by atoms with E-state index in [0.29, 0.717) is 16.7 Å². The van der Waals surface area contributed by atoms with Crippen molar-refractivity contribution in [2.45, 2.75) is 13.5 Å². The highest BCUT2D eigenvalue weighted by Crippen LogP contribution is 2.34. The maximum atomic E-state index is 12.7. The van der Waals surface area contributed by atoms with E-state index in [1.54, 1.807) is 27.2 Å². The summed E-state index contributed by atoms with van der Waals surface area (Å²) in [5.74, 6) is 0. The molecule has 3 aromatic heterocycles. The van der Waals surface area contributed by atoms with Crippen LogP contribution in [0.3, 0.4) is 0 Å². The molecule has 3 nitrogen and oxygen atoms in total. The van der Waals surface area contributed by atoms with Crippen molar-refractivity contribution in [1.29, 1.82) is 0 Å². The topological polar surface area (TPSA) is 37.8 Å². The van der Waals surface area contributed by atoms with E-state index < -0.39 is 0 Å². The van der Waals surface area contributed by atoms with E-state index in [0.717, 1.165) is 20.8 Å². The lowest BCUT2D eigenvalue weighted by Gasteiger charge is -2.06. The maximum Gasteiger partial charge on any atom is 0.263 e. The van der Waals surface area contributed by atoms with Gasteiger partial charge in [-0.25, -0.2) is 0 Å². The summed E-state index contributed by atoms with van der Waals surface area (Å²) in [6.07, 6.45) is 0. The Labute approximate surface area is 128 Å². The van der Waals surface area contributed by atoms with Gasteiger partial charge < -0.3 is 4.98 Å². The van der Waals surface area contributed by atoms with Crippen molar-refractivity contribution in [1.82, 2.24) is 9.55 Å². The Morgan fingerprint density at radius 1 is 1.50 bits per heavy atom. The van der Waals surface area contributed by atoms with Crippen molar-refractivity contribution < 1.29 is 0 Å². The molecule has 3 heterocycles.